The number of anilines is 1. The van der Waals surface area contributed by atoms with Crippen molar-refractivity contribution in [3.63, 3.8) is 0 Å². The largest absolute Gasteiger partial charge is 0.398 e. The summed E-state index contributed by atoms with van der Waals surface area (Å²) >= 11 is 5.85. The van der Waals surface area contributed by atoms with Crippen LogP contribution in [0.15, 0.2) is 41.6 Å². The van der Waals surface area contributed by atoms with Crippen LogP contribution in [0.3, 0.4) is 0 Å². The van der Waals surface area contributed by atoms with Crippen molar-refractivity contribution in [2.75, 3.05) is 11.5 Å². The Hall–Kier alpha value is -1.33. The van der Waals surface area contributed by atoms with Crippen LogP contribution in [0.2, 0.25) is 5.02 Å². The molecular formula is C11H12ClN3OS. The van der Waals surface area contributed by atoms with Crippen molar-refractivity contribution >= 4 is 28.1 Å². The lowest BCUT2D eigenvalue weighted by Gasteiger charge is -2.06. The third-order valence-corrected chi connectivity index (χ3v) is 3.92. The first-order valence-corrected chi connectivity index (χ1v) is 6.77. The molecule has 0 saturated carbocycles. The fraction of sp³-hybridized carbons (Fsp3) is 0.182. The summed E-state index contributed by atoms with van der Waals surface area (Å²) in [5, 5.41) is 4.59. The van der Waals surface area contributed by atoms with Gasteiger partial charge in [-0.3, -0.25) is 8.89 Å². The number of nitrogens with zero attached hydrogens (tertiary/aromatic N) is 2. The Labute approximate surface area is 107 Å². The van der Waals surface area contributed by atoms with E-state index < -0.39 is 10.8 Å². The highest BCUT2D eigenvalue weighted by Gasteiger charge is 2.08. The molecule has 0 spiro atoms. The molecule has 2 rings (SSSR count). The topological polar surface area (TPSA) is 60.9 Å². The zero-order valence-corrected chi connectivity index (χ0v) is 10.6. The average molecular weight is 270 g/mol. The van der Waals surface area contributed by atoms with Gasteiger partial charge in [0.25, 0.3) is 0 Å². The quantitative estimate of drug-likeness (QED) is 0.863. The van der Waals surface area contributed by atoms with Crippen LogP contribution in [-0.4, -0.2) is 19.7 Å². The SMILES string of the molecule is Nc1ccc(Cl)cc1S(=O)CCn1cccn1. The van der Waals surface area contributed by atoms with E-state index in [-0.39, 0.29) is 0 Å². The Bertz CT molecular complexity index is 528. The predicted molar refractivity (Wildman–Crippen MR) is 69.4 cm³/mol. The molecule has 1 heterocycles. The van der Waals surface area contributed by atoms with Crippen molar-refractivity contribution in [1.29, 1.82) is 0 Å². The van der Waals surface area contributed by atoms with Gasteiger partial charge in [0.05, 0.1) is 22.2 Å². The zero-order chi connectivity index (χ0) is 12.3. The minimum absolute atomic E-state index is 0.465. The number of halogens is 1. The van der Waals surface area contributed by atoms with Crippen LogP contribution >= 0.6 is 11.6 Å². The molecule has 0 aliphatic heterocycles. The third-order valence-electron chi connectivity index (χ3n) is 2.29. The maximum absolute atomic E-state index is 12.0. The van der Waals surface area contributed by atoms with Crippen LogP contribution in [0.25, 0.3) is 0 Å². The third kappa shape index (κ3) is 3.08. The molecule has 0 aliphatic carbocycles. The molecule has 1 aromatic heterocycles. The summed E-state index contributed by atoms with van der Waals surface area (Å²) in [6, 6.07) is 6.83. The summed E-state index contributed by atoms with van der Waals surface area (Å²) in [5.74, 6) is 0.465. The van der Waals surface area contributed by atoms with Gasteiger partial charge in [0.15, 0.2) is 0 Å². The predicted octanol–water partition coefficient (Wildman–Crippen LogP) is 1.93. The molecule has 1 aromatic carbocycles. The Morgan fingerprint density at radius 3 is 3.00 bits per heavy atom. The minimum atomic E-state index is -1.16. The highest BCUT2D eigenvalue weighted by molar-refractivity contribution is 7.85. The zero-order valence-electron chi connectivity index (χ0n) is 9.04. The van der Waals surface area contributed by atoms with Gasteiger partial charge < -0.3 is 5.73 Å². The normalized spacial score (nSPS) is 12.5. The molecule has 2 aromatic rings. The molecule has 0 amide bonds. The van der Waals surface area contributed by atoms with Crippen molar-refractivity contribution in [2.24, 2.45) is 0 Å². The standard InChI is InChI=1S/C11H12ClN3OS/c12-9-2-3-10(13)11(8-9)17(16)7-6-15-5-1-4-14-15/h1-5,8H,6-7,13H2. The van der Waals surface area contributed by atoms with Gasteiger partial charge in [-0.25, -0.2) is 0 Å². The first kappa shape index (κ1) is 12.1. The van der Waals surface area contributed by atoms with Crippen molar-refractivity contribution < 1.29 is 4.21 Å². The molecule has 1 atom stereocenters. The number of nitrogen functional groups attached to an aromatic ring is 1. The number of aromatic nitrogens is 2. The lowest BCUT2D eigenvalue weighted by molar-refractivity contribution is 0.644. The average Bonchev–Trinajstić information content (AvgIpc) is 2.82. The van der Waals surface area contributed by atoms with E-state index in [0.29, 0.717) is 27.9 Å². The maximum atomic E-state index is 12.0. The fourth-order valence-corrected chi connectivity index (χ4v) is 2.82. The summed E-state index contributed by atoms with van der Waals surface area (Å²) in [4.78, 5) is 0.588. The lowest BCUT2D eigenvalue weighted by atomic mass is 10.3. The van der Waals surface area contributed by atoms with Crippen molar-refractivity contribution in [3.8, 4) is 0 Å². The van der Waals surface area contributed by atoms with E-state index in [4.69, 9.17) is 17.3 Å². The molecule has 90 valence electrons. The number of hydrogen-bond donors (Lipinski definition) is 1. The van der Waals surface area contributed by atoms with E-state index in [2.05, 4.69) is 5.10 Å². The number of benzene rings is 1. The Balaban J connectivity index is 2.07. The Kier molecular flexibility index (Phi) is 3.81. The molecule has 1 unspecified atom stereocenters. The number of rotatable bonds is 4. The second-order valence-electron chi connectivity index (χ2n) is 3.50. The van der Waals surface area contributed by atoms with Crippen LogP contribution in [0, 0.1) is 0 Å². The molecule has 0 fully saturated rings. The van der Waals surface area contributed by atoms with Crippen molar-refractivity contribution in [2.45, 2.75) is 11.4 Å². The Morgan fingerprint density at radius 1 is 1.47 bits per heavy atom. The van der Waals surface area contributed by atoms with Gasteiger partial charge >= 0.3 is 0 Å². The number of hydrogen-bond acceptors (Lipinski definition) is 3. The highest BCUT2D eigenvalue weighted by Crippen LogP contribution is 2.21. The smallest absolute Gasteiger partial charge is 0.0632 e. The molecule has 4 nitrogen and oxygen atoms in total. The monoisotopic (exact) mass is 269 g/mol. The van der Waals surface area contributed by atoms with Crippen molar-refractivity contribution in [3.05, 3.63) is 41.7 Å². The summed E-state index contributed by atoms with van der Waals surface area (Å²) < 4.78 is 13.8. The van der Waals surface area contributed by atoms with Crippen LogP contribution in [-0.2, 0) is 17.3 Å². The summed E-state index contributed by atoms with van der Waals surface area (Å²) in [6.07, 6.45) is 3.52. The maximum Gasteiger partial charge on any atom is 0.0632 e. The Morgan fingerprint density at radius 2 is 2.29 bits per heavy atom. The fourth-order valence-electron chi connectivity index (χ4n) is 1.42. The molecule has 2 N–H and O–H groups in total. The van der Waals surface area contributed by atoms with Gasteiger partial charge in [-0.1, -0.05) is 11.6 Å². The molecule has 0 aliphatic rings. The summed E-state index contributed by atoms with van der Waals surface area (Å²) in [7, 11) is -1.16. The van der Waals surface area contributed by atoms with E-state index in [1.807, 2.05) is 12.3 Å². The van der Waals surface area contributed by atoms with Gasteiger partial charge in [-0.2, -0.15) is 5.10 Å². The lowest BCUT2D eigenvalue weighted by Crippen LogP contribution is -2.09. The molecule has 0 bridgehead atoms. The van der Waals surface area contributed by atoms with Gasteiger partial charge in [0, 0.05) is 28.9 Å². The first-order chi connectivity index (χ1) is 8.16. The van der Waals surface area contributed by atoms with Crippen LogP contribution < -0.4 is 5.73 Å². The van der Waals surface area contributed by atoms with E-state index in [1.165, 1.54) is 0 Å². The second kappa shape index (κ2) is 5.33. The van der Waals surface area contributed by atoms with E-state index >= 15 is 0 Å². The molecule has 17 heavy (non-hydrogen) atoms. The minimum Gasteiger partial charge on any atom is -0.398 e. The van der Waals surface area contributed by atoms with Gasteiger partial charge in [-0.05, 0) is 24.3 Å². The molecule has 6 heteroatoms. The van der Waals surface area contributed by atoms with Crippen LogP contribution in [0.4, 0.5) is 5.69 Å². The van der Waals surface area contributed by atoms with Crippen LogP contribution in [0.1, 0.15) is 0 Å². The van der Waals surface area contributed by atoms with E-state index in [0.717, 1.165) is 0 Å². The first-order valence-electron chi connectivity index (χ1n) is 5.07. The van der Waals surface area contributed by atoms with Crippen molar-refractivity contribution in [1.82, 2.24) is 9.78 Å². The van der Waals surface area contributed by atoms with Crippen LogP contribution in [0.5, 0.6) is 0 Å². The number of aryl methyl sites for hydroxylation is 1. The van der Waals surface area contributed by atoms with E-state index in [1.54, 1.807) is 29.1 Å². The van der Waals surface area contributed by atoms with Gasteiger partial charge in [-0.15, -0.1) is 0 Å². The molecule has 0 saturated heterocycles. The second-order valence-corrected chi connectivity index (χ2v) is 5.48. The molecular weight excluding hydrogens is 258 g/mol. The van der Waals surface area contributed by atoms with E-state index in [9.17, 15) is 4.21 Å². The molecule has 0 radical (unpaired) electrons. The summed E-state index contributed by atoms with van der Waals surface area (Å²) in [6.45, 7) is 0.589. The highest BCUT2D eigenvalue weighted by atomic mass is 35.5. The van der Waals surface area contributed by atoms with Gasteiger partial charge in [0.2, 0.25) is 0 Å². The summed E-state index contributed by atoms with van der Waals surface area (Å²) in [5.41, 5.74) is 6.27. The van der Waals surface area contributed by atoms with Gasteiger partial charge in [0.1, 0.15) is 0 Å². The number of nitrogens with two attached hydrogens (primary N) is 1.